The fourth-order valence-corrected chi connectivity index (χ4v) is 6.41. The first kappa shape index (κ1) is 14.7. The predicted octanol–water partition coefficient (Wildman–Crippen LogP) is 3.90. The largest absolute Gasteiger partial charge is 0.392 e. The van der Waals surface area contributed by atoms with Crippen LogP contribution in [0, 0.1) is 35.0 Å². The first-order valence-corrected chi connectivity index (χ1v) is 9.03. The number of allylic oxidation sites excluding steroid dienone is 2. The van der Waals surface area contributed by atoms with E-state index >= 15 is 0 Å². The van der Waals surface area contributed by atoms with Crippen molar-refractivity contribution in [2.24, 2.45) is 35.0 Å². The summed E-state index contributed by atoms with van der Waals surface area (Å²) < 4.78 is 0. The Balaban J connectivity index is 1.76. The summed E-state index contributed by atoms with van der Waals surface area (Å²) in [5.74, 6) is 3.45. The summed E-state index contributed by atoms with van der Waals surface area (Å²) in [6, 6.07) is 0. The summed E-state index contributed by atoms with van der Waals surface area (Å²) in [7, 11) is 0. The van der Waals surface area contributed by atoms with Crippen molar-refractivity contribution in [1.82, 2.24) is 0 Å². The van der Waals surface area contributed by atoms with Crippen LogP contribution in [0.5, 0.6) is 0 Å². The molecule has 0 aromatic rings. The van der Waals surface area contributed by atoms with Crippen LogP contribution in [0.3, 0.4) is 0 Å². The Hall–Kier alpha value is -0.890. The average molecular weight is 300 g/mol. The molecule has 2 nitrogen and oxygen atoms in total. The standard InChI is InChI=1S/C20H28O2/c1-11-8-13-9-14(21)4-5-15(13)18-12(2)10-20(3)16(19(11)18)6-7-17(20)22/h6,9,11-12,15,17-19,22H,4-5,7-8,10H2,1-3H3. The minimum absolute atomic E-state index is 0.000543. The Kier molecular flexibility index (Phi) is 3.21. The second kappa shape index (κ2) is 4.80. The van der Waals surface area contributed by atoms with Gasteiger partial charge in [0.25, 0.3) is 0 Å². The van der Waals surface area contributed by atoms with E-state index in [2.05, 4.69) is 26.8 Å². The number of hydrogen-bond donors (Lipinski definition) is 1. The van der Waals surface area contributed by atoms with Crippen molar-refractivity contribution in [3.63, 3.8) is 0 Å². The van der Waals surface area contributed by atoms with Gasteiger partial charge in [-0.15, -0.1) is 0 Å². The third-order valence-electron chi connectivity index (χ3n) is 7.29. The molecule has 1 N–H and O–H groups in total. The zero-order valence-corrected chi connectivity index (χ0v) is 14.0. The van der Waals surface area contributed by atoms with E-state index in [1.54, 1.807) is 5.57 Å². The van der Waals surface area contributed by atoms with Gasteiger partial charge >= 0.3 is 0 Å². The molecule has 4 aliphatic carbocycles. The summed E-state index contributed by atoms with van der Waals surface area (Å²) >= 11 is 0. The van der Waals surface area contributed by atoms with Crippen LogP contribution in [0.15, 0.2) is 23.3 Å². The molecule has 0 amide bonds. The van der Waals surface area contributed by atoms with Crippen molar-refractivity contribution in [2.75, 3.05) is 0 Å². The van der Waals surface area contributed by atoms with Crippen LogP contribution in [0.4, 0.5) is 0 Å². The van der Waals surface area contributed by atoms with E-state index in [1.807, 2.05) is 6.08 Å². The summed E-state index contributed by atoms with van der Waals surface area (Å²) in [5, 5.41) is 10.5. The first-order chi connectivity index (χ1) is 10.4. The fraction of sp³-hybridized carbons (Fsp3) is 0.750. The zero-order valence-electron chi connectivity index (χ0n) is 14.0. The fourth-order valence-electron chi connectivity index (χ4n) is 6.41. The molecular formula is C20H28O2. The lowest BCUT2D eigenvalue weighted by atomic mass is 9.49. The number of ketones is 1. The molecule has 120 valence electrons. The summed E-state index contributed by atoms with van der Waals surface area (Å²) in [5.41, 5.74) is 2.98. The molecule has 0 spiro atoms. The van der Waals surface area contributed by atoms with Crippen LogP contribution in [-0.4, -0.2) is 17.0 Å². The maximum absolute atomic E-state index is 11.8. The van der Waals surface area contributed by atoms with Gasteiger partial charge in [0.1, 0.15) is 0 Å². The van der Waals surface area contributed by atoms with E-state index in [0.717, 1.165) is 32.1 Å². The van der Waals surface area contributed by atoms with E-state index in [-0.39, 0.29) is 11.5 Å². The molecule has 7 unspecified atom stereocenters. The Bertz CT molecular complexity index is 572. The number of carbonyl (C=O) groups is 1. The summed E-state index contributed by atoms with van der Waals surface area (Å²) in [6.07, 6.45) is 8.93. The van der Waals surface area contributed by atoms with Crippen molar-refractivity contribution in [3.05, 3.63) is 23.3 Å². The number of aliphatic hydroxyl groups excluding tert-OH is 1. The van der Waals surface area contributed by atoms with Crippen molar-refractivity contribution in [1.29, 1.82) is 0 Å². The minimum atomic E-state index is -0.192. The number of rotatable bonds is 0. The lowest BCUT2D eigenvalue weighted by Gasteiger charge is -2.56. The highest BCUT2D eigenvalue weighted by Gasteiger charge is 2.56. The van der Waals surface area contributed by atoms with Gasteiger partial charge in [0.15, 0.2) is 5.78 Å². The molecular weight excluding hydrogens is 272 g/mol. The van der Waals surface area contributed by atoms with Gasteiger partial charge in [0, 0.05) is 11.8 Å². The number of fused-ring (bicyclic) bond motifs is 5. The highest BCUT2D eigenvalue weighted by Crippen LogP contribution is 2.62. The molecule has 0 bridgehead atoms. The van der Waals surface area contributed by atoms with E-state index < -0.39 is 0 Å². The van der Waals surface area contributed by atoms with Gasteiger partial charge < -0.3 is 5.11 Å². The summed E-state index contributed by atoms with van der Waals surface area (Å²) in [6.45, 7) is 7.03. The maximum Gasteiger partial charge on any atom is 0.155 e. The smallest absolute Gasteiger partial charge is 0.155 e. The molecule has 0 aromatic heterocycles. The lowest BCUT2D eigenvalue weighted by molar-refractivity contribution is -0.116. The topological polar surface area (TPSA) is 37.3 Å². The van der Waals surface area contributed by atoms with Crippen LogP contribution in [0.25, 0.3) is 0 Å². The molecule has 2 heteroatoms. The number of hydrogen-bond acceptors (Lipinski definition) is 2. The molecule has 0 aliphatic heterocycles. The Labute approximate surface area is 133 Å². The normalized spacial score (nSPS) is 50.6. The average Bonchev–Trinajstić information content (AvgIpc) is 2.74. The van der Waals surface area contributed by atoms with Crippen molar-refractivity contribution >= 4 is 5.78 Å². The van der Waals surface area contributed by atoms with Crippen molar-refractivity contribution < 1.29 is 9.90 Å². The van der Waals surface area contributed by atoms with Crippen LogP contribution in [-0.2, 0) is 4.79 Å². The van der Waals surface area contributed by atoms with E-state index in [0.29, 0.717) is 35.4 Å². The van der Waals surface area contributed by atoms with Gasteiger partial charge in [-0.2, -0.15) is 0 Å². The molecule has 22 heavy (non-hydrogen) atoms. The Morgan fingerprint density at radius 2 is 2.05 bits per heavy atom. The van der Waals surface area contributed by atoms with Gasteiger partial charge in [-0.1, -0.05) is 38.0 Å². The van der Waals surface area contributed by atoms with E-state index in [4.69, 9.17) is 0 Å². The third-order valence-corrected chi connectivity index (χ3v) is 7.29. The van der Waals surface area contributed by atoms with Gasteiger partial charge in [0.2, 0.25) is 0 Å². The van der Waals surface area contributed by atoms with Crippen LogP contribution >= 0.6 is 0 Å². The third kappa shape index (κ3) is 1.86. The van der Waals surface area contributed by atoms with Gasteiger partial charge in [-0.3, -0.25) is 4.79 Å². The van der Waals surface area contributed by atoms with Gasteiger partial charge in [-0.25, -0.2) is 0 Å². The van der Waals surface area contributed by atoms with Gasteiger partial charge in [-0.05, 0) is 61.3 Å². The molecule has 4 rings (SSSR count). The van der Waals surface area contributed by atoms with Gasteiger partial charge in [0.05, 0.1) is 6.10 Å². The SMILES string of the molecule is CC1CC2=CC(=O)CCC2C2C(C)CC3(C)C(=CCC3O)C12. The second-order valence-corrected chi connectivity index (χ2v) is 8.63. The van der Waals surface area contributed by atoms with Crippen LogP contribution in [0.1, 0.15) is 52.9 Å². The molecule has 7 atom stereocenters. The molecule has 0 heterocycles. The molecule has 0 saturated heterocycles. The molecule has 2 fully saturated rings. The minimum Gasteiger partial charge on any atom is -0.392 e. The van der Waals surface area contributed by atoms with Crippen LogP contribution in [0.2, 0.25) is 0 Å². The Morgan fingerprint density at radius 3 is 2.82 bits per heavy atom. The molecule has 2 saturated carbocycles. The van der Waals surface area contributed by atoms with Crippen molar-refractivity contribution in [3.8, 4) is 0 Å². The van der Waals surface area contributed by atoms with Crippen LogP contribution < -0.4 is 0 Å². The molecule has 4 aliphatic rings. The molecule has 0 radical (unpaired) electrons. The first-order valence-electron chi connectivity index (χ1n) is 9.03. The highest BCUT2D eigenvalue weighted by atomic mass is 16.3. The van der Waals surface area contributed by atoms with E-state index in [1.165, 1.54) is 5.57 Å². The second-order valence-electron chi connectivity index (χ2n) is 8.63. The predicted molar refractivity (Wildman–Crippen MR) is 87.2 cm³/mol. The summed E-state index contributed by atoms with van der Waals surface area (Å²) in [4.78, 5) is 11.8. The lowest BCUT2D eigenvalue weighted by Crippen LogP contribution is -2.50. The maximum atomic E-state index is 11.8. The number of carbonyl (C=O) groups excluding carboxylic acids is 1. The number of aliphatic hydroxyl groups is 1. The molecule has 0 aromatic carbocycles. The quantitative estimate of drug-likeness (QED) is 0.689. The Morgan fingerprint density at radius 1 is 1.27 bits per heavy atom. The van der Waals surface area contributed by atoms with Crippen molar-refractivity contribution in [2.45, 2.75) is 59.0 Å². The van der Waals surface area contributed by atoms with E-state index in [9.17, 15) is 9.90 Å². The zero-order chi connectivity index (χ0) is 15.6. The monoisotopic (exact) mass is 300 g/mol. The highest BCUT2D eigenvalue weighted by molar-refractivity contribution is 5.91.